The lowest BCUT2D eigenvalue weighted by atomic mass is 10.1. The topological polar surface area (TPSA) is 93.1 Å². The number of carbonyl (C=O) groups is 1. The number of halogens is 1. The number of hydrogen-bond donors (Lipinski definition) is 1. The van der Waals surface area contributed by atoms with Gasteiger partial charge in [0.25, 0.3) is 11.2 Å². The van der Waals surface area contributed by atoms with Crippen LogP contribution in [0.3, 0.4) is 0 Å². The molecule has 0 amide bonds. The summed E-state index contributed by atoms with van der Waals surface area (Å²) in [5, 5.41) is 11.4. The molecular weight excluding hydrogens is 376 g/mol. The van der Waals surface area contributed by atoms with E-state index >= 15 is 0 Å². The second-order valence-corrected chi connectivity index (χ2v) is 6.82. The number of rotatable bonds is 4. The van der Waals surface area contributed by atoms with Gasteiger partial charge in [-0.05, 0) is 35.9 Å². The Balaban J connectivity index is 1.97. The molecule has 3 aromatic rings. The lowest BCUT2D eigenvalue weighted by Gasteiger charge is -1.94. The third-order valence-electron chi connectivity index (χ3n) is 3.45. The Morgan fingerprint density at radius 1 is 1.19 bits per heavy atom. The number of ketones is 1. The molecule has 3 rings (SSSR count). The van der Waals surface area contributed by atoms with Crippen LogP contribution >= 0.6 is 22.9 Å². The van der Waals surface area contributed by atoms with Gasteiger partial charge >= 0.3 is 0 Å². The van der Waals surface area contributed by atoms with Gasteiger partial charge in [0.15, 0.2) is 5.78 Å². The van der Waals surface area contributed by atoms with Crippen LogP contribution in [0.25, 0.3) is 12.2 Å². The number of nitro benzene ring substituents is 1. The van der Waals surface area contributed by atoms with Crippen LogP contribution in [0.1, 0.15) is 15.9 Å². The molecule has 0 saturated heterocycles. The van der Waals surface area contributed by atoms with Crippen LogP contribution in [0.15, 0.2) is 53.3 Å². The highest BCUT2D eigenvalue weighted by molar-refractivity contribution is 7.07. The van der Waals surface area contributed by atoms with Crippen LogP contribution in [0.2, 0.25) is 5.02 Å². The third kappa shape index (κ3) is 4.14. The summed E-state index contributed by atoms with van der Waals surface area (Å²) >= 11 is 6.89. The fourth-order valence-electron chi connectivity index (χ4n) is 2.22. The van der Waals surface area contributed by atoms with Crippen LogP contribution in [-0.2, 0) is 0 Å². The number of aromatic amines is 1. The number of carbonyl (C=O) groups excluding carboxylic acids is 1. The maximum atomic E-state index is 12.2. The predicted octanol–water partition coefficient (Wildman–Crippen LogP) is 2.49. The highest BCUT2D eigenvalue weighted by Gasteiger charge is 2.06. The molecule has 0 unspecified atom stereocenters. The molecule has 0 saturated carbocycles. The van der Waals surface area contributed by atoms with E-state index in [1.807, 2.05) is 0 Å². The van der Waals surface area contributed by atoms with Crippen molar-refractivity contribution in [1.82, 2.24) is 4.98 Å². The average Bonchev–Trinajstić information content (AvgIpc) is 2.94. The van der Waals surface area contributed by atoms with Gasteiger partial charge in [0.05, 0.1) is 14.1 Å². The average molecular weight is 387 g/mol. The van der Waals surface area contributed by atoms with Crippen LogP contribution in [-0.4, -0.2) is 15.7 Å². The van der Waals surface area contributed by atoms with E-state index in [0.717, 1.165) is 11.3 Å². The maximum Gasteiger partial charge on any atom is 0.270 e. The number of nitrogens with one attached hydrogen (secondary N) is 1. The zero-order valence-electron chi connectivity index (χ0n) is 13.1. The number of H-pyrrole nitrogens is 1. The van der Waals surface area contributed by atoms with Crippen LogP contribution in [0.4, 0.5) is 5.69 Å². The van der Waals surface area contributed by atoms with Crippen molar-refractivity contribution in [1.29, 1.82) is 0 Å². The number of thiazole rings is 1. The van der Waals surface area contributed by atoms with Gasteiger partial charge in [0.2, 0.25) is 0 Å². The standard InChI is InChI=1S/C18H11ClN2O4S/c19-13-6-4-12(5-7-13)15(22)10-17-20-18(23)16(26-17)9-11-2-1-3-14(8-11)21(24)25/h1-10H,(H,20,23). The lowest BCUT2D eigenvalue weighted by Crippen LogP contribution is -2.20. The third-order valence-corrected chi connectivity index (χ3v) is 4.67. The molecule has 1 aromatic heterocycles. The quantitative estimate of drug-likeness (QED) is 0.423. The Kier molecular flexibility index (Phi) is 5.11. The van der Waals surface area contributed by atoms with E-state index in [0.29, 0.717) is 25.3 Å². The summed E-state index contributed by atoms with van der Waals surface area (Å²) in [6.07, 6.45) is 2.88. The zero-order chi connectivity index (χ0) is 18.7. The van der Waals surface area contributed by atoms with E-state index in [4.69, 9.17) is 11.6 Å². The first-order chi connectivity index (χ1) is 12.4. The molecule has 6 nitrogen and oxygen atoms in total. The van der Waals surface area contributed by atoms with Gasteiger partial charge in [0.1, 0.15) is 0 Å². The van der Waals surface area contributed by atoms with Crippen LogP contribution in [0, 0.1) is 10.1 Å². The Bertz CT molecular complexity index is 1160. The molecule has 0 atom stereocenters. The van der Waals surface area contributed by atoms with E-state index in [9.17, 15) is 19.7 Å². The number of aromatic nitrogens is 1. The number of hydrogen-bond acceptors (Lipinski definition) is 5. The van der Waals surface area contributed by atoms with Crippen molar-refractivity contribution >= 4 is 46.6 Å². The molecular formula is C18H11ClN2O4S. The van der Waals surface area contributed by atoms with E-state index in [1.54, 1.807) is 42.5 Å². The first-order valence-corrected chi connectivity index (χ1v) is 8.59. The number of non-ortho nitro benzene ring substituents is 1. The Hall–Kier alpha value is -3.03. The number of nitro groups is 1. The van der Waals surface area contributed by atoms with Crippen molar-refractivity contribution < 1.29 is 9.72 Å². The monoisotopic (exact) mass is 386 g/mol. The van der Waals surface area contributed by atoms with Crippen molar-refractivity contribution in [2.45, 2.75) is 0 Å². The predicted molar refractivity (Wildman–Crippen MR) is 101 cm³/mol. The maximum absolute atomic E-state index is 12.2. The molecule has 0 aliphatic rings. The van der Waals surface area contributed by atoms with Gasteiger partial charge in [0, 0.05) is 28.8 Å². The molecule has 0 radical (unpaired) electrons. The largest absolute Gasteiger partial charge is 0.313 e. The molecule has 8 heteroatoms. The summed E-state index contributed by atoms with van der Waals surface area (Å²) in [5.74, 6) is -0.263. The van der Waals surface area contributed by atoms with Crippen molar-refractivity contribution in [3.05, 3.63) is 94.3 Å². The van der Waals surface area contributed by atoms with Crippen molar-refractivity contribution in [2.24, 2.45) is 0 Å². The number of benzene rings is 2. The minimum absolute atomic E-state index is 0.0589. The van der Waals surface area contributed by atoms with Gasteiger partial charge in [-0.1, -0.05) is 23.7 Å². The first-order valence-electron chi connectivity index (χ1n) is 7.39. The molecule has 0 spiro atoms. The molecule has 0 bridgehead atoms. The fraction of sp³-hybridized carbons (Fsp3) is 0. The summed E-state index contributed by atoms with van der Waals surface area (Å²) in [4.78, 5) is 37.2. The molecule has 0 aliphatic heterocycles. The number of Topliss-reactive ketones (excluding diaryl/α,β-unsaturated/α-hetero) is 1. The van der Waals surface area contributed by atoms with Gasteiger partial charge in [-0.15, -0.1) is 11.3 Å². The highest BCUT2D eigenvalue weighted by Crippen LogP contribution is 2.13. The first kappa shape index (κ1) is 17.8. The minimum atomic E-state index is -0.500. The number of nitrogens with zero attached hydrogens (tertiary/aromatic N) is 1. The van der Waals surface area contributed by atoms with Gasteiger partial charge in [-0.2, -0.15) is 0 Å². The zero-order valence-corrected chi connectivity index (χ0v) is 14.7. The van der Waals surface area contributed by atoms with Gasteiger partial charge in [-0.25, -0.2) is 0 Å². The lowest BCUT2D eigenvalue weighted by molar-refractivity contribution is -0.384. The molecule has 0 aliphatic carbocycles. The van der Waals surface area contributed by atoms with Gasteiger partial charge < -0.3 is 4.98 Å². The summed E-state index contributed by atoms with van der Waals surface area (Å²) in [6, 6.07) is 12.4. The van der Waals surface area contributed by atoms with E-state index in [-0.39, 0.29) is 17.0 Å². The van der Waals surface area contributed by atoms with Gasteiger partial charge in [-0.3, -0.25) is 19.7 Å². The molecule has 2 aromatic carbocycles. The molecule has 1 N–H and O–H groups in total. The minimum Gasteiger partial charge on any atom is -0.313 e. The normalized spacial score (nSPS) is 12.3. The van der Waals surface area contributed by atoms with Crippen LogP contribution < -0.4 is 14.8 Å². The summed E-state index contributed by atoms with van der Waals surface area (Å²) in [6.45, 7) is 0. The SMILES string of the molecule is O=C(C=c1[nH]c(=O)c(=Cc2cccc([N+](=O)[O-])c2)s1)c1ccc(Cl)cc1. The summed E-state index contributed by atoms with van der Waals surface area (Å²) in [7, 11) is 0. The van der Waals surface area contributed by atoms with Crippen molar-refractivity contribution in [2.75, 3.05) is 0 Å². The highest BCUT2D eigenvalue weighted by atomic mass is 35.5. The second-order valence-electron chi connectivity index (χ2n) is 5.30. The Labute approximate surface area is 155 Å². The van der Waals surface area contributed by atoms with Crippen molar-refractivity contribution in [3.63, 3.8) is 0 Å². The summed E-state index contributed by atoms with van der Waals surface area (Å²) in [5.41, 5.74) is 0.558. The van der Waals surface area contributed by atoms with Crippen molar-refractivity contribution in [3.8, 4) is 0 Å². The second kappa shape index (κ2) is 7.47. The molecule has 130 valence electrons. The van der Waals surface area contributed by atoms with E-state index in [2.05, 4.69) is 4.98 Å². The van der Waals surface area contributed by atoms with Crippen LogP contribution in [0.5, 0.6) is 0 Å². The Morgan fingerprint density at radius 3 is 2.62 bits per heavy atom. The molecule has 26 heavy (non-hydrogen) atoms. The smallest absolute Gasteiger partial charge is 0.270 e. The Morgan fingerprint density at radius 2 is 1.92 bits per heavy atom. The fourth-order valence-corrected chi connectivity index (χ4v) is 3.23. The van der Waals surface area contributed by atoms with E-state index in [1.165, 1.54) is 18.2 Å². The molecule has 0 fully saturated rings. The molecule has 1 heterocycles. The van der Waals surface area contributed by atoms with E-state index < -0.39 is 4.92 Å². The summed E-state index contributed by atoms with van der Waals surface area (Å²) < 4.78 is 0.743.